The van der Waals surface area contributed by atoms with E-state index >= 15 is 0 Å². The number of nitrogens with one attached hydrogen (secondary N) is 2. The highest BCUT2D eigenvalue weighted by Gasteiger charge is 2.12. The van der Waals surface area contributed by atoms with Gasteiger partial charge in [-0.3, -0.25) is 14.4 Å². The molecule has 194 valence electrons. The molecule has 0 unspecified atom stereocenters. The third-order valence-corrected chi connectivity index (χ3v) is 5.46. The summed E-state index contributed by atoms with van der Waals surface area (Å²) < 4.78 is 16.3. The molecular formula is C29H32N2O6. The largest absolute Gasteiger partial charge is 0.492 e. The van der Waals surface area contributed by atoms with Crippen molar-refractivity contribution in [2.75, 3.05) is 23.8 Å². The first-order valence-corrected chi connectivity index (χ1v) is 12.2. The molecule has 8 nitrogen and oxygen atoms in total. The maximum atomic E-state index is 12.2. The minimum atomic E-state index is -0.547. The number of amides is 2. The van der Waals surface area contributed by atoms with Gasteiger partial charge in [0.15, 0.2) is 6.61 Å². The number of carbonyl (C=O) groups is 3. The van der Waals surface area contributed by atoms with E-state index in [4.69, 9.17) is 14.2 Å². The van der Waals surface area contributed by atoms with Crippen molar-refractivity contribution in [2.24, 2.45) is 0 Å². The Morgan fingerprint density at radius 1 is 0.784 bits per heavy atom. The van der Waals surface area contributed by atoms with E-state index in [0.717, 1.165) is 11.3 Å². The molecule has 3 aromatic carbocycles. The van der Waals surface area contributed by atoms with Gasteiger partial charge in [-0.05, 0) is 86.8 Å². The summed E-state index contributed by atoms with van der Waals surface area (Å²) in [5.74, 6) is 0.714. The van der Waals surface area contributed by atoms with E-state index in [-0.39, 0.29) is 18.7 Å². The van der Waals surface area contributed by atoms with Crippen LogP contribution in [0.1, 0.15) is 37.3 Å². The van der Waals surface area contributed by atoms with Crippen LogP contribution in [0.4, 0.5) is 11.4 Å². The summed E-state index contributed by atoms with van der Waals surface area (Å²) in [5.41, 5.74) is 3.48. The molecule has 0 aliphatic carbocycles. The lowest BCUT2D eigenvalue weighted by Gasteiger charge is -2.11. The van der Waals surface area contributed by atoms with Crippen LogP contribution < -0.4 is 20.1 Å². The number of hydrogen-bond acceptors (Lipinski definition) is 6. The molecule has 2 amide bonds. The molecule has 0 radical (unpaired) electrons. The summed E-state index contributed by atoms with van der Waals surface area (Å²) >= 11 is 0. The molecular weight excluding hydrogens is 472 g/mol. The molecule has 0 saturated heterocycles. The number of ether oxygens (including phenoxy) is 3. The molecule has 2 N–H and O–H groups in total. The fraction of sp³-hybridized carbons (Fsp3) is 0.276. The zero-order chi connectivity index (χ0) is 26.6. The summed E-state index contributed by atoms with van der Waals surface area (Å²) in [6.45, 7) is 5.97. The Bertz CT molecular complexity index is 1220. The highest BCUT2D eigenvalue weighted by Crippen LogP contribution is 2.25. The van der Waals surface area contributed by atoms with Crippen LogP contribution in [0, 0.1) is 13.8 Å². The van der Waals surface area contributed by atoms with Crippen molar-refractivity contribution < 1.29 is 28.6 Å². The number of carbonyl (C=O) groups excluding carboxylic acids is 3. The lowest BCUT2D eigenvalue weighted by Crippen LogP contribution is -2.21. The van der Waals surface area contributed by atoms with Gasteiger partial charge in [0.25, 0.3) is 5.91 Å². The van der Waals surface area contributed by atoms with Crippen molar-refractivity contribution in [3.05, 3.63) is 77.9 Å². The standard InChI is InChI=1S/C29H32N2O6/c1-4-35-26-9-6-5-8-25(26)31-28(33)19-36-29(34)11-7-10-27(32)30-22-13-16-23(17-14-22)37-24-15-12-20(2)21(3)18-24/h5-6,8-9,12-18H,4,7,10-11,19H2,1-3H3,(H,30,32)(H,31,33). The van der Waals surface area contributed by atoms with Crippen molar-refractivity contribution in [3.8, 4) is 17.2 Å². The van der Waals surface area contributed by atoms with E-state index < -0.39 is 18.5 Å². The average molecular weight is 505 g/mol. The summed E-state index contributed by atoms with van der Waals surface area (Å²) in [7, 11) is 0. The second-order valence-corrected chi connectivity index (χ2v) is 8.41. The normalized spacial score (nSPS) is 10.4. The summed E-state index contributed by atoms with van der Waals surface area (Å²) in [4.78, 5) is 36.3. The quantitative estimate of drug-likeness (QED) is 0.303. The van der Waals surface area contributed by atoms with Gasteiger partial charge in [0.2, 0.25) is 5.91 Å². The molecule has 0 bridgehead atoms. The van der Waals surface area contributed by atoms with E-state index in [1.54, 1.807) is 48.5 Å². The van der Waals surface area contributed by atoms with Gasteiger partial charge in [0, 0.05) is 18.5 Å². The third-order valence-electron chi connectivity index (χ3n) is 5.46. The Labute approximate surface area is 216 Å². The number of hydrogen-bond donors (Lipinski definition) is 2. The number of aryl methyl sites for hydroxylation is 2. The minimum Gasteiger partial charge on any atom is -0.492 e. The minimum absolute atomic E-state index is 0.0268. The summed E-state index contributed by atoms with van der Waals surface area (Å²) in [6, 6.07) is 20.0. The molecule has 0 saturated carbocycles. The monoisotopic (exact) mass is 504 g/mol. The van der Waals surface area contributed by atoms with Crippen LogP contribution in [0.2, 0.25) is 0 Å². The molecule has 0 aromatic heterocycles. The maximum Gasteiger partial charge on any atom is 0.306 e. The molecule has 0 aliphatic heterocycles. The third kappa shape index (κ3) is 9.00. The number of rotatable bonds is 12. The first-order chi connectivity index (χ1) is 17.8. The van der Waals surface area contributed by atoms with E-state index in [1.165, 1.54) is 5.56 Å². The second-order valence-electron chi connectivity index (χ2n) is 8.41. The lowest BCUT2D eigenvalue weighted by atomic mass is 10.1. The van der Waals surface area contributed by atoms with Crippen LogP contribution in [0.3, 0.4) is 0 Å². The van der Waals surface area contributed by atoms with Crippen molar-refractivity contribution in [3.63, 3.8) is 0 Å². The Morgan fingerprint density at radius 2 is 1.51 bits per heavy atom. The second kappa shape index (κ2) is 13.7. The van der Waals surface area contributed by atoms with Gasteiger partial charge in [-0.1, -0.05) is 18.2 Å². The van der Waals surface area contributed by atoms with Gasteiger partial charge in [0.05, 0.1) is 12.3 Å². The molecule has 37 heavy (non-hydrogen) atoms. The molecule has 3 aromatic rings. The smallest absolute Gasteiger partial charge is 0.306 e. The van der Waals surface area contributed by atoms with Gasteiger partial charge in [0.1, 0.15) is 17.2 Å². The first-order valence-electron chi connectivity index (χ1n) is 12.2. The van der Waals surface area contributed by atoms with Gasteiger partial charge in [-0.15, -0.1) is 0 Å². The topological polar surface area (TPSA) is 103 Å². The van der Waals surface area contributed by atoms with Crippen LogP contribution in [-0.2, 0) is 19.1 Å². The molecule has 0 atom stereocenters. The van der Waals surface area contributed by atoms with Gasteiger partial charge < -0.3 is 24.8 Å². The molecule has 3 rings (SSSR count). The van der Waals surface area contributed by atoms with E-state index in [1.807, 2.05) is 39.0 Å². The molecule has 0 spiro atoms. The van der Waals surface area contributed by atoms with Crippen LogP contribution >= 0.6 is 0 Å². The summed E-state index contributed by atoms with van der Waals surface area (Å²) in [6.07, 6.45) is 0.469. The maximum absolute atomic E-state index is 12.2. The molecule has 0 aliphatic rings. The Hall–Kier alpha value is -4.33. The van der Waals surface area contributed by atoms with Crippen molar-refractivity contribution in [1.82, 2.24) is 0 Å². The lowest BCUT2D eigenvalue weighted by molar-refractivity contribution is -0.147. The molecule has 0 heterocycles. The van der Waals surface area contributed by atoms with Crippen LogP contribution in [0.25, 0.3) is 0 Å². The van der Waals surface area contributed by atoms with Gasteiger partial charge >= 0.3 is 5.97 Å². The average Bonchev–Trinajstić information content (AvgIpc) is 2.87. The predicted octanol–water partition coefficient (Wildman–Crippen LogP) is 5.79. The van der Waals surface area contributed by atoms with Crippen molar-refractivity contribution in [1.29, 1.82) is 0 Å². The Morgan fingerprint density at radius 3 is 2.24 bits per heavy atom. The molecule has 8 heteroatoms. The zero-order valence-corrected chi connectivity index (χ0v) is 21.3. The van der Waals surface area contributed by atoms with E-state index in [0.29, 0.717) is 35.9 Å². The number of anilines is 2. The summed E-state index contributed by atoms with van der Waals surface area (Å²) in [5, 5.41) is 5.45. The highest BCUT2D eigenvalue weighted by atomic mass is 16.5. The van der Waals surface area contributed by atoms with Crippen molar-refractivity contribution >= 4 is 29.2 Å². The predicted molar refractivity (Wildman–Crippen MR) is 142 cm³/mol. The van der Waals surface area contributed by atoms with Crippen LogP contribution in [0.5, 0.6) is 17.2 Å². The fourth-order valence-corrected chi connectivity index (χ4v) is 3.39. The van der Waals surface area contributed by atoms with Crippen LogP contribution in [0.15, 0.2) is 66.7 Å². The van der Waals surface area contributed by atoms with Gasteiger partial charge in [-0.25, -0.2) is 0 Å². The van der Waals surface area contributed by atoms with E-state index in [9.17, 15) is 14.4 Å². The van der Waals surface area contributed by atoms with E-state index in [2.05, 4.69) is 10.6 Å². The fourth-order valence-electron chi connectivity index (χ4n) is 3.39. The zero-order valence-electron chi connectivity index (χ0n) is 21.3. The van der Waals surface area contributed by atoms with Crippen molar-refractivity contribution in [2.45, 2.75) is 40.0 Å². The Kier molecular flexibility index (Phi) is 10.1. The molecule has 0 fully saturated rings. The number of esters is 1. The van der Waals surface area contributed by atoms with Gasteiger partial charge in [-0.2, -0.15) is 0 Å². The number of benzene rings is 3. The first kappa shape index (κ1) is 27.3. The van der Waals surface area contributed by atoms with Crippen LogP contribution in [-0.4, -0.2) is 31.0 Å². The number of para-hydroxylation sites is 2. The highest BCUT2D eigenvalue weighted by molar-refractivity contribution is 5.94. The SMILES string of the molecule is CCOc1ccccc1NC(=O)COC(=O)CCCC(=O)Nc1ccc(Oc2ccc(C)c(C)c2)cc1. The Balaban J connectivity index is 1.34.